The third-order valence-corrected chi connectivity index (χ3v) is 3.38. The number of fused-ring (bicyclic) bond motifs is 1. The Morgan fingerprint density at radius 1 is 1.37 bits per heavy atom. The number of nitrogens with zero attached hydrogens (tertiary/aromatic N) is 2. The van der Waals surface area contributed by atoms with Gasteiger partial charge < -0.3 is 14.7 Å². The number of rotatable bonds is 6. The highest BCUT2D eigenvalue weighted by Gasteiger charge is 2.06. The molecule has 0 aliphatic heterocycles. The van der Waals surface area contributed by atoms with Crippen molar-refractivity contribution in [2.75, 3.05) is 20.6 Å². The van der Waals surface area contributed by atoms with Crippen molar-refractivity contribution in [3.63, 3.8) is 0 Å². The van der Waals surface area contributed by atoms with Crippen LogP contribution in [0.2, 0.25) is 0 Å². The highest BCUT2D eigenvalue weighted by Crippen LogP contribution is 2.19. The molecule has 104 valence electrons. The van der Waals surface area contributed by atoms with Gasteiger partial charge in [0.25, 0.3) is 0 Å². The van der Waals surface area contributed by atoms with Gasteiger partial charge in [0.2, 0.25) is 0 Å². The van der Waals surface area contributed by atoms with Crippen molar-refractivity contribution in [3.8, 4) is 0 Å². The predicted octanol–water partition coefficient (Wildman–Crippen LogP) is 2.57. The maximum Gasteiger partial charge on any atom is 0.167 e. The van der Waals surface area contributed by atoms with Crippen molar-refractivity contribution in [3.05, 3.63) is 29.5 Å². The molecule has 1 aromatic heterocycles. The summed E-state index contributed by atoms with van der Waals surface area (Å²) in [4.78, 5) is 2.21. The van der Waals surface area contributed by atoms with E-state index < -0.39 is 0 Å². The molecule has 0 radical (unpaired) electrons. The van der Waals surface area contributed by atoms with Gasteiger partial charge in [0.1, 0.15) is 0 Å². The lowest BCUT2D eigenvalue weighted by Gasteiger charge is -2.16. The minimum Gasteiger partial charge on any atom is -0.356 e. The molecule has 2 aromatic rings. The summed E-state index contributed by atoms with van der Waals surface area (Å²) >= 11 is 0. The quantitative estimate of drug-likeness (QED) is 0.867. The zero-order chi connectivity index (χ0) is 13.8. The molecular weight excluding hydrogens is 238 g/mol. The average molecular weight is 261 g/mol. The van der Waals surface area contributed by atoms with Crippen LogP contribution >= 0.6 is 0 Å². The fourth-order valence-corrected chi connectivity index (χ4v) is 2.06. The zero-order valence-electron chi connectivity index (χ0n) is 12.2. The van der Waals surface area contributed by atoms with Gasteiger partial charge in [-0.15, -0.1) is 0 Å². The minimum atomic E-state index is 0.509. The summed E-state index contributed by atoms with van der Waals surface area (Å²) in [6.07, 6.45) is 1.15. The normalized spacial score (nSPS) is 13.3. The maximum atomic E-state index is 5.29. The molecule has 0 amide bonds. The number of benzene rings is 1. The van der Waals surface area contributed by atoms with Crippen LogP contribution in [0.4, 0.5) is 0 Å². The second kappa shape index (κ2) is 6.17. The van der Waals surface area contributed by atoms with Crippen molar-refractivity contribution >= 4 is 11.0 Å². The molecule has 1 unspecified atom stereocenters. The Labute approximate surface area is 114 Å². The Kier molecular flexibility index (Phi) is 4.56. The lowest BCUT2D eigenvalue weighted by Crippen LogP contribution is -2.29. The molecule has 0 bridgehead atoms. The summed E-state index contributed by atoms with van der Waals surface area (Å²) in [6.45, 7) is 6.16. The number of hydrogen-bond acceptors (Lipinski definition) is 4. The van der Waals surface area contributed by atoms with Crippen LogP contribution in [0.3, 0.4) is 0 Å². The van der Waals surface area contributed by atoms with E-state index in [1.165, 1.54) is 5.56 Å². The van der Waals surface area contributed by atoms with E-state index in [1.807, 2.05) is 6.92 Å². The molecule has 2 rings (SSSR count). The van der Waals surface area contributed by atoms with Crippen LogP contribution in [0.1, 0.15) is 24.6 Å². The standard InChI is InChI=1S/C15H23N3O/c1-11(7-8-18(3)4)16-10-13-5-6-14-12(2)17-19-15(14)9-13/h5-6,9,11,16H,7-8,10H2,1-4H3. The monoisotopic (exact) mass is 261 g/mol. The molecule has 1 atom stereocenters. The van der Waals surface area contributed by atoms with Crippen LogP contribution in [-0.2, 0) is 6.54 Å². The molecule has 0 saturated carbocycles. The fourth-order valence-electron chi connectivity index (χ4n) is 2.06. The fraction of sp³-hybridized carbons (Fsp3) is 0.533. The smallest absolute Gasteiger partial charge is 0.167 e. The first-order chi connectivity index (χ1) is 9.06. The average Bonchev–Trinajstić information content (AvgIpc) is 2.75. The highest BCUT2D eigenvalue weighted by molar-refractivity contribution is 5.79. The third-order valence-electron chi connectivity index (χ3n) is 3.38. The van der Waals surface area contributed by atoms with Gasteiger partial charge in [-0.05, 0) is 58.6 Å². The van der Waals surface area contributed by atoms with E-state index in [2.05, 4.69) is 54.6 Å². The third kappa shape index (κ3) is 3.78. The first kappa shape index (κ1) is 14.0. The summed E-state index contributed by atoms with van der Waals surface area (Å²) in [5.41, 5.74) is 3.06. The summed E-state index contributed by atoms with van der Waals surface area (Å²) in [6, 6.07) is 6.80. The van der Waals surface area contributed by atoms with Gasteiger partial charge in [-0.2, -0.15) is 0 Å². The molecule has 0 fully saturated rings. The molecule has 0 aliphatic carbocycles. The molecule has 1 heterocycles. The summed E-state index contributed by atoms with van der Waals surface area (Å²) in [7, 11) is 4.21. The summed E-state index contributed by atoms with van der Waals surface area (Å²) in [5.74, 6) is 0. The molecule has 1 aromatic carbocycles. The summed E-state index contributed by atoms with van der Waals surface area (Å²) in [5, 5.41) is 8.62. The zero-order valence-corrected chi connectivity index (χ0v) is 12.2. The van der Waals surface area contributed by atoms with Crippen LogP contribution < -0.4 is 5.32 Å². The van der Waals surface area contributed by atoms with Gasteiger partial charge in [-0.25, -0.2) is 0 Å². The van der Waals surface area contributed by atoms with Crippen molar-refractivity contribution in [1.29, 1.82) is 0 Å². The molecule has 0 saturated heterocycles. The topological polar surface area (TPSA) is 41.3 Å². The number of aryl methyl sites for hydroxylation is 1. The van der Waals surface area contributed by atoms with Gasteiger partial charge in [0, 0.05) is 18.0 Å². The lowest BCUT2D eigenvalue weighted by molar-refractivity contribution is 0.365. The van der Waals surface area contributed by atoms with Crippen LogP contribution in [0.5, 0.6) is 0 Å². The Bertz CT molecular complexity index is 533. The predicted molar refractivity (Wildman–Crippen MR) is 78.2 cm³/mol. The number of aromatic nitrogens is 1. The van der Waals surface area contributed by atoms with E-state index in [0.717, 1.165) is 36.2 Å². The second-order valence-electron chi connectivity index (χ2n) is 5.47. The van der Waals surface area contributed by atoms with Crippen molar-refractivity contribution < 1.29 is 4.52 Å². The van der Waals surface area contributed by atoms with E-state index in [4.69, 9.17) is 4.52 Å². The Balaban J connectivity index is 1.90. The first-order valence-corrected chi connectivity index (χ1v) is 6.79. The summed E-state index contributed by atoms with van der Waals surface area (Å²) < 4.78 is 5.29. The second-order valence-corrected chi connectivity index (χ2v) is 5.47. The molecule has 0 spiro atoms. The molecule has 4 heteroatoms. The number of nitrogens with one attached hydrogen (secondary N) is 1. The van der Waals surface area contributed by atoms with Gasteiger partial charge in [0.15, 0.2) is 5.58 Å². The molecule has 1 N–H and O–H groups in total. The molecular formula is C15H23N3O. The van der Waals surface area contributed by atoms with Gasteiger partial charge in [-0.1, -0.05) is 11.2 Å². The minimum absolute atomic E-state index is 0.509. The first-order valence-electron chi connectivity index (χ1n) is 6.79. The van der Waals surface area contributed by atoms with E-state index in [-0.39, 0.29) is 0 Å². The van der Waals surface area contributed by atoms with Crippen LogP contribution in [0, 0.1) is 6.92 Å². The maximum absolute atomic E-state index is 5.29. The largest absolute Gasteiger partial charge is 0.356 e. The van der Waals surface area contributed by atoms with E-state index >= 15 is 0 Å². The van der Waals surface area contributed by atoms with Gasteiger partial charge in [0.05, 0.1) is 5.69 Å². The van der Waals surface area contributed by atoms with Crippen LogP contribution in [0.15, 0.2) is 22.7 Å². The molecule has 19 heavy (non-hydrogen) atoms. The SMILES string of the molecule is Cc1noc2cc(CNC(C)CCN(C)C)ccc12. The number of hydrogen-bond donors (Lipinski definition) is 1. The Hall–Kier alpha value is -1.39. The molecule has 4 nitrogen and oxygen atoms in total. The highest BCUT2D eigenvalue weighted by atomic mass is 16.5. The van der Waals surface area contributed by atoms with E-state index in [9.17, 15) is 0 Å². The van der Waals surface area contributed by atoms with Crippen LogP contribution in [-0.4, -0.2) is 36.7 Å². The lowest BCUT2D eigenvalue weighted by atomic mass is 10.1. The van der Waals surface area contributed by atoms with Crippen LogP contribution in [0.25, 0.3) is 11.0 Å². The Morgan fingerprint density at radius 3 is 2.89 bits per heavy atom. The van der Waals surface area contributed by atoms with Gasteiger partial charge in [-0.3, -0.25) is 0 Å². The Morgan fingerprint density at radius 2 is 2.16 bits per heavy atom. The van der Waals surface area contributed by atoms with E-state index in [1.54, 1.807) is 0 Å². The van der Waals surface area contributed by atoms with Gasteiger partial charge >= 0.3 is 0 Å². The van der Waals surface area contributed by atoms with Crippen molar-refractivity contribution in [2.45, 2.75) is 32.9 Å². The van der Waals surface area contributed by atoms with E-state index in [0.29, 0.717) is 6.04 Å². The van der Waals surface area contributed by atoms with Crippen molar-refractivity contribution in [1.82, 2.24) is 15.4 Å². The molecule has 0 aliphatic rings. The van der Waals surface area contributed by atoms with Crippen molar-refractivity contribution in [2.24, 2.45) is 0 Å².